The van der Waals surface area contributed by atoms with Gasteiger partial charge in [-0.15, -0.1) is 0 Å². The van der Waals surface area contributed by atoms with E-state index in [-0.39, 0.29) is 0 Å². The van der Waals surface area contributed by atoms with E-state index >= 15 is 0 Å². The first kappa shape index (κ1) is 12.5. The Morgan fingerprint density at radius 2 is 1.29 bits per heavy atom. The van der Waals surface area contributed by atoms with Crippen molar-refractivity contribution in [1.82, 2.24) is 10.6 Å². The number of hydrogen-bond donors (Lipinski definition) is 2. The van der Waals surface area contributed by atoms with Gasteiger partial charge in [0.05, 0.1) is 14.2 Å². The predicted octanol–water partition coefficient (Wildman–Crippen LogP) is 0.479. The van der Waals surface area contributed by atoms with E-state index in [4.69, 9.17) is 0 Å². The van der Waals surface area contributed by atoms with Gasteiger partial charge in [0.1, 0.15) is 0 Å². The maximum atomic E-state index is 10.6. The van der Waals surface area contributed by atoms with Gasteiger partial charge in [0.2, 0.25) is 0 Å². The Kier molecular flexibility index (Phi) is 7.30. The van der Waals surface area contributed by atoms with Crippen molar-refractivity contribution >= 4 is 12.2 Å². The third kappa shape index (κ3) is 7.20. The maximum Gasteiger partial charge on any atom is 0.406 e. The summed E-state index contributed by atoms with van der Waals surface area (Å²) < 4.78 is 8.75. The van der Waals surface area contributed by atoms with Crippen LogP contribution < -0.4 is 10.6 Å². The van der Waals surface area contributed by atoms with Gasteiger partial charge in [-0.25, -0.2) is 9.59 Å². The van der Waals surface area contributed by atoms with Crippen LogP contribution in [0.15, 0.2) is 0 Å². The molecule has 0 heterocycles. The van der Waals surface area contributed by atoms with Gasteiger partial charge in [0, 0.05) is 13.1 Å². The summed E-state index contributed by atoms with van der Waals surface area (Å²) in [4.78, 5) is 21.2. The van der Waals surface area contributed by atoms with Gasteiger partial charge in [-0.05, 0) is 12.8 Å². The summed E-state index contributed by atoms with van der Waals surface area (Å²) >= 11 is 0. The molecule has 2 N–H and O–H groups in total. The van der Waals surface area contributed by atoms with E-state index in [2.05, 4.69) is 20.1 Å². The Morgan fingerprint density at radius 3 is 1.57 bits per heavy atom. The first-order valence-corrected chi connectivity index (χ1v) is 4.34. The number of ether oxygens (including phenoxy) is 2. The highest BCUT2D eigenvalue weighted by Gasteiger charge is 1.98. The van der Waals surface area contributed by atoms with Crippen molar-refractivity contribution in [2.45, 2.75) is 12.8 Å². The molecule has 2 amide bonds. The molecule has 0 rings (SSSR count). The molecule has 0 aliphatic heterocycles. The molecule has 0 bridgehead atoms. The van der Waals surface area contributed by atoms with Gasteiger partial charge < -0.3 is 20.1 Å². The zero-order valence-electron chi connectivity index (χ0n) is 8.46. The fourth-order valence-electron chi connectivity index (χ4n) is 0.775. The average molecular weight is 204 g/mol. The standard InChI is InChI=1S/C8H16N2O4/c1-13-7(11)9-5-3-4-6-10-8(12)14-2/h3-6H2,1-2H3,(H,9,11)(H,10,12). The number of nitrogens with one attached hydrogen (secondary N) is 2. The summed E-state index contributed by atoms with van der Waals surface area (Å²) in [7, 11) is 2.63. The molecule has 0 aromatic carbocycles. The number of alkyl carbamates (subject to hydrolysis) is 2. The molecule has 0 saturated carbocycles. The van der Waals surface area contributed by atoms with Crippen molar-refractivity contribution in [3.8, 4) is 0 Å². The minimum Gasteiger partial charge on any atom is -0.453 e. The molecule has 0 unspecified atom stereocenters. The maximum absolute atomic E-state index is 10.6. The van der Waals surface area contributed by atoms with Crippen LogP contribution in [0, 0.1) is 0 Å². The summed E-state index contributed by atoms with van der Waals surface area (Å²) in [5.41, 5.74) is 0. The zero-order valence-corrected chi connectivity index (χ0v) is 8.46. The lowest BCUT2D eigenvalue weighted by Gasteiger charge is -2.04. The van der Waals surface area contributed by atoms with Crippen LogP contribution in [0.2, 0.25) is 0 Å². The van der Waals surface area contributed by atoms with Gasteiger partial charge in [0.25, 0.3) is 0 Å². The average Bonchev–Trinajstić information content (AvgIpc) is 2.22. The Labute approximate surface area is 82.9 Å². The van der Waals surface area contributed by atoms with Crippen LogP contribution in [0.5, 0.6) is 0 Å². The molecule has 0 aliphatic rings. The lowest BCUT2D eigenvalue weighted by molar-refractivity contribution is 0.168. The monoisotopic (exact) mass is 204 g/mol. The van der Waals surface area contributed by atoms with Crippen molar-refractivity contribution in [3.63, 3.8) is 0 Å². The topological polar surface area (TPSA) is 76.7 Å². The van der Waals surface area contributed by atoms with Crippen LogP contribution in [0.1, 0.15) is 12.8 Å². The molecular formula is C8H16N2O4. The molecule has 0 aromatic heterocycles. The summed E-state index contributed by atoms with van der Waals surface area (Å²) in [6.07, 6.45) is 0.676. The van der Waals surface area contributed by atoms with Crippen LogP contribution >= 0.6 is 0 Å². The Hall–Kier alpha value is -1.46. The molecule has 0 spiro atoms. The van der Waals surface area contributed by atoms with Crippen LogP contribution in [-0.2, 0) is 9.47 Å². The van der Waals surface area contributed by atoms with E-state index in [1.54, 1.807) is 0 Å². The minimum absolute atomic E-state index is 0.439. The molecule has 6 nitrogen and oxygen atoms in total. The number of amides is 2. The third-order valence-corrected chi connectivity index (χ3v) is 1.51. The van der Waals surface area contributed by atoms with Crippen LogP contribution in [0.3, 0.4) is 0 Å². The highest BCUT2D eigenvalue weighted by Crippen LogP contribution is 1.85. The van der Waals surface area contributed by atoms with Gasteiger partial charge in [-0.1, -0.05) is 0 Å². The summed E-state index contributed by atoms with van der Waals surface area (Å²) in [6.45, 7) is 1.07. The van der Waals surface area contributed by atoms with Gasteiger partial charge in [0.15, 0.2) is 0 Å². The van der Waals surface area contributed by atoms with Gasteiger partial charge in [-0.3, -0.25) is 0 Å². The van der Waals surface area contributed by atoms with Crippen molar-refractivity contribution < 1.29 is 19.1 Å². The molecule has 0 aromatic rings. The van der Waals surface area contributed by atoms with Gasteiger partial charge in [-0.2, -0.15) is 0 Å². The first-order valence-electron chi connectivity index (χ1n) is 4.34. The third-order valence-electron chi connectivity index (χ3n) is 1.51. The molecule has 0 atom stereocenters. The van der Waals surface area contributed by atoms with Gasteiger partial charge >= 0.3 is 12.2 Å². The summed E-state index contributed by atoms with van der Waals surface area (Å²) in [6, 6.07) is 0. The Morgan fingerprint density at radius 1 is 0.929 bits per heavy atom. The molecule has 0 saturated heterocycles. The van der Waals surface area contributed by atoms with Crippen LogP contribution in [-0.4, -0.2) is 39.5 Å². The molecule has 0 radical (unpaired) electrons. The number of carbonyl (C=O) groups excluding carboxylic acids is 2. The molecule has 0 fully saturated rings. The highest BCUT2D eigenvalue weighted by atomic mass is 16.5. The molecule has 82 valence electrons. The lowest BCUT2D eigenvalue weighted by atomic mass is 10.3. The smallest absolute Gasteiger partial charge is 0.406 e. The summed E-state index contributed by atoms with van der Waals surface area (Å²) in [5.74, 6) is 0. The van der Waals surface area contributed by atoms with E-state index in [0.717, 1.165) is 12.8 Å². The fraction of sp³-hybridized carbons (Fsp3) is 0.750. The van der Waals surface area contributed by atoms with Crippen molar-refractivity contribution in [2.24, 2.45) is 0 Å². The van der Waals surface area contributed by atoms with Crippen molar-refractivity contribution in [3.05, 3.63) is 0 Å². The number of carbonyl (C=O) groups is 2. The quantitative estimate of drug-likeness (QED) is 0.638. The van der Waals surface area contributed by atoms with Crippen molar-refractivity contribution in [2.75, 3.05) is 27.3 Å². The number of rotatable bonds is 5. The van der Waals surface area contributed by atoms with E-state index in [1.165, 1.54) is 14.2 Å². The second kappa shape index (κ2) is 8.15. The van der Waals surface area contributed by atoms with E-state index in [9.17, 15) is 9.59 Å². The first-order chi connectivity index (χ1) is 6.70. The summed E-state index contributed by atoms with van der Waals surface area (Å²) in [5, 5.41) is 5.06. The highest BCUT2D eigenvalue weighted by molar-refractivity contribution is 5.67. The lowest BCUT2D eigenvalue weighted by Crippen LogP contribution is -2.27. The fourth-order valence-corrected chi connectivity index (χ4v) is 0.775. The number of methoxy groups -OCH3 is 2. The Balaban J connectivity index is 3.14. The molecular weight excluding hydrogens is 188 g/mol. The van der Waals surface area contributed by atoms with E-state index in [0.29, 0.717) is 13.1 Å². The largest absolute Gasteiger partial charge is 0.453 e. The predicted molar refractivity (Wildman–Crippen MR) is 50.0 cm³/mol. The van der Waals surface area contributed by atoms with Crippen LogP contribution in [0.25, 0.3) is 0 Å². The zero-order chi connectivity index (χ0) is 10.8. The molecule has 6 heteroatoms. The van der Waals surface area contributed by atoms with Crippen LogP contribution in [0.4, 0.5) is 9.59 Å². The molecule has 0 aliphatic carbocycles. The Bertz CT molecular complexity index is 164. The second-order valence-electron chi connectivity index (χ2n) is 2.54. The van der Waals surface area contributed by atoms with E-state index in [1.807, 2.05) is 0 Å². The number of hydrogen-bond acceptors (Lipinski definition) is 4. The minimum atomic E-state index is -0.439. The molecule has 14 heavy (non-hydrogen) atoms. The van der Waals surface area contributed by atoms with Crippen molar-refractivity contribution in [1.29, 1.82) is 0 Å². The SMILES string of the molecule is COC(=O)NCCCCNC(=O)OC. The normalized spacial score (nSPS) is 9.00. The number of unbranched alkanes of at least 4 members (excludes halogenated alkanes) is 1. The second-order valence-corrected chi connectivity index (χ2v) is 2.54. The van der Waals surface area contributed by atoms with E-state index < -0.39 is 12.2 Å².